The van der Waals surface area contributed by atoms with Gasteiger partial charge in [0, 0.05) is 29.8 Å². The minimum Gasteiger partial charge on any atom is -0.299 e. The van der Waals surface area contributed by atoms with Gasteiger partial charge in [-0.05, 0) is 25.2 Å². The maximum absolute atomic E-state index is 11.8. The van der Waals surface area contributed by atoms with Gasteiger partial charge in [-0.3, -0.25) is 9.48 Å². The highest BCUT2D eigenvalue weighted by atomic mass is 35.5. The van der Waals surface area contributed by atoms with E-state index in [0.29, 0.717) is 12.8 Å². The lowest BCUT2D eigenvalue weighted by Crippen LogP contribution is -2.15. The Morgan fingerprint density at radius 3 is 3.06 bits per heavy atom. The lowest BCUT2D eigenvalue weighted by atomic mass is 9.88. The molecule has 0 N–H and O–H groups in total. The fraction of sp³-hybridized carbons (Fsp3) is 0.538. The number of hydrogen-bond donors (Lipinski definition) is 0. The molecule has 1 aromatic heterocycles. The summed E-state index contributed by atoms with van der Waals surface area (Å²) in [5, 5.41) is 5.13. The lowest BCUT2D eigenvalue weighted by Gasteiger charge is -2.17. The minimum absolute atomic E-state index is 0.0829. The zero-order valence-corrected chi connectivity index (χ0v) is 10.4. The van der Waals surface area contributed by atoms with E-state index in [1.807, 2.05) is 23.2 Å². The summed E-state index contributed by atoms with van der Waals surface area (Å²) in [6.45, 7) is 0.991. The van der Waals surface area contributed by atoms with Crippen LogP contribution in [0, 0.1) is 5.92 Å². The van der Waals surface area contributed by atoms with Crippen LogP contribution in [0.25, 0.3) is 0 Å². The van der Waals surface area contributed by atoms with Crippen molar-refractivity contribution >= 4 is 17.4 Å². The van der Waals surface area contributed by atoms with Gasteiger partial charge in [-0.1, -0.05) is 17.7 Å². The highest BCUT2D eigenvalue weighted by molar-refractivity contribution is 6.30. The summed E-state index contributed by atoms with van der Waals surface area (Å²) < 4.78 is 1.96. The first-order chi connectivity index (χ1) is 8.22. The molecule has 0 saturated heterocycles. The minimum atomic E-state index is -0.0829. The van der Waals surface area contributed by atoms with Gasteiger partial charge in [-0.25, -0.2) is 0 Å². The number of halogens is 1. The first-order valence-corrected chi connectivity index (χ1v) is 6.50. The smallest absolute Gasteiger partial charge is 0.144 e. The third kappa shape index (κ3) is 2.44. The number of ketones is 1. The van der Waals surface area contributed by atoms with Gasteiger partial charge in [0.2, 0.25) is 0 Å². The molecule has 90 valence electrons. The Labute approximate surface area is 105 Å². The van der Waals surface area contributed by atoms with Gasteiger partial charge in [-0.15, -0.1) is 0 Å². The molecule has 2 aliphatic carbocycles. The third-order valence-electron chi connectivity index (χ3n) is 3.51. The summed E-state index contributed by atoms with van der Waals surface area (Å²) in [4.78, 5) is 11.8. The standard InChI is InChI=1S/C13H15ClN2O/c14-11-3-4-13(17)12(5-11)10-6-15-16(8-10)7-9-1-2-9/h3,6,8-9,12H,1-2,4-5,7H2. The number of aromatic nitrogens is 2. The number of Topliss-reactive ketones (excluding diaryl/α,β-unsaturated/α-hetero) is 1. The van der Waals surface area contributed by atoms with Crippen molar-refractivity contribution in [3.05, 3.63) is 29.1 Å². The van der Waals surface area contributed by atoms with E-state index >= 15 is 0 Å². The molecule has 1 fully saturated rings. The first kappa shape index (κ1) is 11.0. The van der Waals surface area contributed by atoms with Crippen molar-refractivity contribution < 1.29 is 4.79 Å². The summed E-state index contributed by atoms with van der Waals surface area (Å²) in [7, 11) is 0. The number of carbonyl (C=O) groups excluding carboxylic acids is 1. The van der Waals surface area contributed by atoms with Gasteiger partial charge in [-0.2, -0.15) is 5.10 Å². The van der Waals surface area contributed by atoms with E-state index in [4.69, 9.17) is 11.6 Å². The normalized spacial score (nSPS) is 24.9. The predicted molar refractivity (Wildman–Crippen MR) is 65.9 cm³/mol. The largest absolute Gasteiger partial charge is 0.299 e. The molecule has 1 heterocycles. The van der Waals surface area contributed by atoms with Gasteiger partial charge >= 0.3 is 0 Å². The Balaban J connectivity index is 1.76. The molecule has 1 unspecified atom stereocenters. The van der Waals surface area contributed by atoms with Gasteiger partial charge in [0.25, 0.3) is 0 Å². The molecule has 0 bridgehead atoms. The third-order valence-corrected chi connectivity index (χ3v) is 3.82. The van der Waals surface area contributed by atoms with Crippen molar-refractivity contribution in [2.75, 3.05) is 0 Å². The van der Waals surface area contributed by atoms with Crippen molar-refractivity contribution in [2.45, 2.75) is 38.1 Å². The predicted octanol–water partition coefficient (Wildman–Crippen LogP) is 2.86. The Kier molecular flexibility index (Phi) is 2.79. The van der Waals surface area contributed by atoms with E-state index in [-0.39, 0.29) is 11.7 Å². The van der Waals surface area contributed by atoms with Crippen LogP contribution in [-0.4, -0.2) is 15.6 Å². The van der Waals surface area contributed by atoms with Crippen LogP contribution in [0.4, 0.5) is 0 Å². The van der Waals surface area contributed by atoms with E-state index in [2.05, 4.69) is 5.10 Å². The fourth-order valence-electron chi connectivity index (χ4n) is 2.27. The van der Waals surface area contributed by atoms with Gasteiger partial charge < -0.3 is 0 Å². The van der Waals surface area contributed by atoms with Gasteiger partial charge in [0.05, 0.1) is 12.1 Å². The molecular weight excluding hydrogens is 236 g/mol. The first-order valence-electron chi connectivity index (χ1n) is 6.12. The molecule has 1 atom stereocenters. The molecule has 0 radical (unpaired) electrons. The van der Waals surface area contributed by atoms with Crippen molar-refractivity contribution in [3.8, 4) is 0 Å². The molecule has 0 spiro atoms. The molecule has 0 aromatic carbocycles. The summed E-state index contributed by atoms with van der Waals surface area (Å²) in [5.41, 5.74) is 1.02. The zero-order chi connectivity index (χ0) is 11.8. The summed E-state index contributed by atoms with van der Waals surface area (Å²) >= 11 is 6.01. The number of rotatable bonds is 3. The second-order valence-electron chi connectivity index (χ2n) is 5.02. The average Bonchev–Trinajstić information content (AvgIpc) is 2.99. The number of hydrogen-bond acceptors (Lipinski definition) is 2. The Morgan fingerprint density at radius 2 is 2.29 bits per heavy atom. The van der Waals surface area contributed by atoms with E-state index in [9.17, 15) is 4.79 Å². The topological polar surface area (TPSA) is 34.9 Å². The Bertz CT molecular complexity index is 474. The molecule has 1 aromatic rings. The molecule has 4 heteroatoms. The maximum atomic E-state index is 11.8. The molecule has 3 rings (SSSR count). The number of nitrogens with zero attached hydrogens (tertiary/aromatic N) is 2. The fourth-order valence-corrected chi connectivity index (χ4v) is 2.51. The Morgan fingerprint density at radius 1 is 1.47 bits per heavy atom. The van der Waals surface area contributed by atoms with Crippen LogP contribution < -0.4 is 0 Å². The summed E-state index contributed by atoms with van der Waals surface area (Å²) in [6.07, 6.45) is 9.36. The van der Waals surface area contributed by atoms with Crippen molar-refractivity contribution in [1.29, 1.82) is 0 Å². The van der Waals surface area contributed by atoms with Crippen molar-refractivity contribution in [3.63, 3.8) is 0 Å². The van der Waals surface area contributed by atoms with Crippen molar-refractivity contribution in [1.82, 2.24) is 9.78 Å². The molecular formula is C13H15ClN2O. The van der Waals surface area contributed by atoms with Crippen LogP contribution in [0.3, 0.4) is 0 Å². The Hall–Kier alpha value is -1.09. The number of carbonyl (C=O) groups is 1. The van der Waals surface area contributed by atoms with E-state index in [0.717, 1.165) is 23.1 Å². The summed E-state index contributed by atoms with van der Waals surface area (Å²) in [5.74, 6) is 0.967. The maximum Gasteiger partial charge on any atom is 0.144 e. The van der Waals surface area contributed by atoms with Crippen molar-refractivity contribution in [2.24, 2.45) is 5.92 Å². The lowest BCUT2D eigenvalue weighted by molar-refractivity contribution is -0.119. The molecule has 0 aliphatic heterocycles. The molecule has 2 aliphatic rings. The molecule has 1 saturated carbocycles. The average molecular weight is 251 g/mol. The van der Waals surface area contributed by atoms with Gasteiger partial charge in [0.1, 0.15) is 5.78 Å². The van der Waals surface area contributed by atoms with E-state index < -0.39 is 0 Å². The summed E-state index contributed by atoms with van der Waals surface area (Å²) in [6, 6.07) is 0. The second kappa shape index (κ2) is 4.30. The monoisotopic (exact) mass is 250 g/mol. The molecule has 0 amide bonds. The van der Waals surface area contributed by atoms with E-state index in [1.54, 1.807) is 0 Å². The quantitative estimate of drug-likeness (QED) is 0.827. The second-order valence-corrected chi connectivity index (χ2v) is 5.50. The van der Waals surface area contributed by atoms with Gasteiger partial charge in [0.15, 0.2) is 0 Å². The zero-order valence-electron chi connectivity index (χ0n) is 9.60. The highest BCUT2D eigenvalue weighted by Gasteiger charge is 2.27. The van der Waals surface area contributed by atoms with Crippen LogP contribution in [0.1, 0.15) is 37.2 Å². The highest BCUT2D eigenvalue weighted by Crippen LogP contribution is 2.33. The SMILES string of the molecule is O=C1CC=C(Cl)CC1c1cnn(CC2CC2)c1. The van der Waals surface area contributed by atoms with Crippen LogP contribution in [0.5, 0.6) is 0 Å². The van der Waals surface area contributed by atoms with Crippen LogP contribution >= 0.6 is 11.6 Å². The van der Waals surface area contributed by atoms with E-state index in [1.165, 1.54) is 12.8 Å². The van der Waals surface area contributed by atoms with Crippen LogP contribution in [0.2, 0.25) is 0 Å². The molecule has 3 nitrogen and oxygen atoms in total. The van der Waals surface area contributed by atoms with Crippen LogP contribution in [0.15, 0.2) is 23.5 Å². The molecule has 17 heavy (non-hydrogen) atoms. The number of allylic oxidation sites excluding steroid dienone is 2. The van der Waals surface area contributed by atoms with Crippen LogP contribution in [-0.2, 0) is 11.3 Å².